The first-order valence-corrected chi connectivity index (χ1v) is 10.5. The third kappa shape index (κ3) is 5.38. The molecule has 3 rings (SSSR count). The van der Waals surface area contributed by atoms with Crippen molar-refractivity contribution in [3.05, 3.63) is 52.5 Å². The van der Waals surface area contributed by atoms with Crippen molar-refractivity contribution in [1.29, 1.82) is 0 Å². The number of methoxy groups -OCH3 is 1. The predicted molar refractivity (Wildman–Crippen MR) is 119 cm³/mol. The van der Waals surface area contributed by atoms with Crippen molar-refractivity contribution in [3.8, 4) is 5.75 Å². The molecular weight excluding hydrogens is 450 g/mol. The molecule has 30 heavy (non-hydrogen) atoms. The summed E-state index contributed by atoms with van der Waals surface area (Å²) in [5.41, 5.74) is 1.72. The lowest BCUT2D eigenvalue weighted by atomic mass is 9.95. The van der Waals surface area contributed by atoms with Crippen LogP contribution < -0.4 is 15.4 Å². The van der Waals surface area contributed by atoms with Crippen molar-refractivity contribution in [3.63, 3.8) is 0 Å². The van der Waals surface area contributed by atoms with E-state index in [2.05, 4.69) is 26.6 Å². The molecule has 2 aromatic rings. The molecule has 1 fully saturated rings. The highest BCUT2D eigenvalue weighted by Crippen LogP contribution is 2.29. The topological polar surface area (TPSA) is 87.7 Å². The molecule has 158 valence electrons. The van der Waals surface area contributed by atoms with E-state index in [4.69, 9.17) is 4.74 Å². The summed E-state index contributed by atoms with van der Waals surface area (Å²) in [4.78, 5) is 38.5. The Bertz CT molecular complexity index is 938. The van der Waals surface area contributed by atoms with Gasteiger partial charge in [-0.05, 0) is 55.3 Å². The van der Waals surface area contributed by atoms with Crippen molar-refractivity contribution in [1.82, 2.24) is 4.90 Å². The maximum absolute atomic E-state index is 12.7. The van der Waals surface area contributed by atoms with Gasteiger partial charge in [-0.1, -0.05) is 15.9 Å². The summed E-state index contributed by atoms with van der Waals surface area (Å²) >= 11 is 3.37. The molecule has 2 N–H and O–H groups in total. The normalized spacial score (nSPS) is 14.2. The molecule has 0 spiro atoms. The number of amides is 3. The molecule has 1 saturated heterocycles. The van der Waals surface area contributed by atoms with Crippen molar-refractivity contribution in [2.24, 2.45) is 5.92 Å². The second-order valence-electron chi connectivity index (χ2n) is 7.16. The van der Waals surface area contributed by atoms with Crippen LogP contribution in [0, 0.1) is 5.92 Å². The van der Waals surface area contributed by atoms with Crippen LogP contribution in [0.25, 0.3) is 0 Å². The van der Waals surface area contributed by atoms with Gasteiger partial charge in [0.25, 0.3) is 5.91 Å². The fourth-order valence-corrected chi connectivity index (χ4v) is 3.70. The van der Waals surface area contributed by atoms with Gasteiger partial charge in [0.15, 0.2) is 0 Å². The van der Waals surface area contributed by atoms with Crippen LogP contribution in [0.3, 0.4) is 0 Å². The van der Waals surface area contributed by atoms with E-state index < -0.39 is 0 Å². The van der Waals surface area contributed by atoms with Crippen LogP contribution in [0.1, 0.15) is 30.1 Å². The highest BCUT2D eigenvalue weighted by molar-refractivity contribution is 9.10. The quantitative estimate of drug-likeness (QED) is 0.688. The van der Waals surface area contributed by atoms with E-state index in [0.717, 1.165) is 4.47 Å². The van der Waals surface area contributed by atoms with Crippen LogP contribution in [0.4, 0.5) is 11.4 Å². The molecule has 0 atom stereocenters. The molecule has 3 amide bonds. The molecular formula is C22H24BrN3O4. The lowest BCUT2D eigenvalue weighted by Crippen LogP contribution is -2.41. The Labute approximate surface area is 183 Å². The van der Waals surface area contributed by atoms with Crippen LogP contribution in [-0.4, -0.2) is 42.8 Å². The van der Waals surface area contributed by atoms with Gasteiger partial charge in [-0.25, -0.2) is 0 Å². The van der Waals surface area contributed by atoms with Gasteiger partial charge in [-0.3, -0.25) is 14.4 Å². The molecule has 7 nitrogen and oxygen atoms in total. The Morgan fingerprint density at radius 2 is 1.70 bits per heavy atom. The molecule has 8 heteroatoms. The predicted octanol–water partition coefficient (Wildman–Crippen LogP) is 3.91. The number of hydrogen-bond acceptors (Lipinski definition) is 4. The van der Waals surface area contributed by atoms with Crippen LogP contribution in [0.2, 0.25) is 0 Å². The molecule has 0 radical (unpaired) electrons. The number of likely N-dealkylation sites (tertiary alicyclic amines) is 1. The summed E-state index contributed by atoms with van der Waals surface area (Å²) in [6.45, 7) is 2.48. The second kappa shape index (κ2) is 9.75. The van der Waals surface area contributed by atoms with Crippen molar-refractivity contribution < 1.29 is 19.1 Å². The van der Waals surface area contributed by atoms with Gasteiger partial charge in [0.05, 0.1) is 12.8 Å². The molecule has 0 bridgehead atoms. The summed E-state index contributed by atoms with van der Waals surface area (Å²) < 4.78 is 6.16. The average molecular weight is 474 g/mol. The van der Waals surface area contributed by atoms with E-state index in [1.54, 1.807) is 35.2 Å². The summed E-state index contributed by atoms with van der Waals surface area (Å²) in [5, 5.41) is 5.60. The van der Waals surface area contributed by atoms with Crippen molar-refractivity contribution in [2.75, 3.05) is 30.8 Å². The molecule has 1 aliphatic rings. The molecule has 0 aromatic heterocycles. The fourth-order valence-electron chi connectivity index (χ4n) is 3.44. The van der Waals surface area contributed by atoms with Gasteiger partial charge in [-0.2, -0.15) is 0 Å². The minimum atomic E-state index is -0.223. The third-order valence-corrected chi connectivity index (χ3v) is 5.55. The van der Waals surface area contributed by atoms with E-state index in [1.807, 2.05) is 12.1 Å². The third-order valence-electron chi connectivity index (χ3n) is 5.02. The number of ether oxygens (including phenoxy) is 1. The largest absolute Gasteiger partial charge is 0.495 e. The van der Waals surface area contributed by atoms with Gasteiger partial charge >= 0.3 is 0 Å². The highest BCUT2D eigenvalue weighted by Gasteiger charge is 2.28. The van der Waals surface area contributed by atoms with Crippen LogP contribution in [0.15, 0.2) is 46.9 Å². The maximum atomic E-state index is 12.7. The number of carbonyl (C=O) groups is 3. The Morgan fingerprint density at radius 3 is 2.30 bits per heavy atom. The smallest absolute Gasteiger partial charge is 0.253 e. The summed E-state index contributed by atoms with van der Waals surface area (Å²) in [7, 11) is 1.52. The lowest BCUT2D eigenvalue weighted by Gasteiger charge is -2.31. The van der Waals surface area contributed by atoms with Gasteiger partial charge in [0, 0.05) is 41.7 Å². The second-order valence-corrected chi connectivity index (χ2v) is 8.07. The Kier molecular flexibility index (Phi) is 7.10. The zero-order valence-corrected chi connectivity index (χ0v) is 18.5. The molecule has 1 aliphatic heterocycles. The van der Waals surface area contributed by atoms with E-state index >= 15 is 0 Å². The number of piperidine rings is 1. The number of hydrogen-bond donors (Lipinski definition) is 2. The lowest BCUT2D eigenvalue weighted by molar-refractivity contribution is -0.121. The molecule has 0 unspecified atom stereocenters. The minimum Gasteiger partial charge on any atom is -0.495 e. The first-order chi connectivity index (χ1) is 14.4. The summed E-state index contributed by atoms with van der Waals surface area (Å²) in [5.74, 6) is 0.00832. The number of anilines is 2. The number of nitrogens with one attached hydrogen (secondary N) is 2. The van der Waals surface area contributed by atoms with Gasteiger partial charge in [0.2, 0.25) is 11.8 Å². The van der Waals surface area contributed by atoms with E-state index in [-0.39, 0.29) is 23.6 Å². The first-order valence-electron chi connectivity index (χ1n) is 9.68. The fraction of sp³-hybridized carbons (Fsp3) is 0.318. The standard InChI is InChI=1S/C22H24BrN3O4/c1-14(27)24-19-13-18(7-8-20(19)30-2)25-21(28)15-9-11-26(12-10-15)22(29)16-3-5-17(23)6-4-16/h3-8,13,15H,9-12H2,1-2H3,(H,24,27)(H,25,28). The molecule has 1 heterocycles. The number of nitrogens with zero attached hydrogens (tertiary/aromatic N) is 1. The SMILES string of the molecule is COc1ccc(NC(=O)C2CCN(C(=O)c3ccc(Br)cc3)CC2)cc1NC(C)=O. The monoisotopic (exact) mass is 473 g/mol. The average Bonchev–Trinajstić information content (AvgIpc) is 2.74. The zero-order chi connectivity index (χ0) is 21.7. The van der Waals surface area contributed by atoms with Gasteiger partial charge < -0.3 is 20.3 Å². The summed E-state index contributed by atoms with van der Waals surface area (Å²) in [6, 6.07) is 12.4. The van der Waals surface area contributed by atoms with E-state index in [1.165, 1.54) is 14.0 Å². The maximum Gasteiger partial charge on any atom is 0.253 e. The molecule has 2 aromatic carbocycles. The van der Waals surface area contributed by atoms with Gasteiger partial charge in [-0.15, -0.1) is 0 Å². The highest BCUT2D eigenvalue weighted by atomic mass is 79.9. The van der Waals surface area contributed by atoms with E-state index in [0.29, 0.717) is 48.6 Å². The number of carbonyl (C=O) groups excluding carboxylic acids is 3. The van der Waals surface area contributed by atoms with Gasteiger partial charge in [0.1, 0.15) is 5.75 Å². The molecule has 0 aliphatic carbocycles. The van der Waals surface area contributed by atoms with Crippen LogP contribution in [-0.2, 0) is 9.59 Å². The molecule has 0 saturated carbocycles. The van der Waals surface area contributed by atoms with E-state index in [9.17, 15) is 14.4 Å². The Hall–Kier alpha value is -2.87. The van der Waals surface area contributed by atoms with Crippen molar-refractivity contribution in [2.45, 2.75) is 19.8 Å². The Balaban J connectivity index is 1.58. The number of halogens is 1. The number of rotatable bonds is 5. The van der Waals surface area contributed by atoms with Crippen molar-refractivity contribution >= 4 is 45.0 Å². The van der Waals surface area contributed by atoms with Crippen LogP contribution >= 0.6 is 15.9 Å². The zero-order valence-electron chi connectivity index (χ0n) is 16.9. The van der Waals surface area contributed by atoms with Crippen LogP contribution in [0.5, 0.6) is 5.75 Å². The number of benzene rings is 2. The summed E-state index contributed by atoms with van der Waals surface area (Å²) in [6.07, 6.45) is 1.20. The Morgan fingerprint density at radius 1 is 1.03 bits per heavy atom. The first kappa shape index (κ1) is 21.8. The minimum absolute atomic E-state index is 0.0172.